The van der Waals surface area contributed by atoms with E-state index in [0.717, 1.165) is 55.1 Å². The molecule has 0 atom stereocenters. The molecule has 0 saturated carbocycles. The van der Waals surface area contributed by atoms with Crippen LogP contribution in [0.2, 0.25) is 0 Å². The third-order valence-corrected chi connectivity index (χ3v) is 6.02. The van der Waals surface area contributed by atoms with Crippen molar-refractivity contribution < 1.29 is 38.7 Å². The van der Waals surface area contributed by atoms with Crippen LogP contribution in [0.25, 0.3) is 0 Å². The molecule has 2 aromatic carbocycles. The Labute approximate surface area is 213 Å². The number of benzene rings is 2. The number of aliphatic carboxylic acids is 2. The number of carboxylic acids is 2. The Morgan fingerprint density at radius 1 is 0.743 bits per heavy atom. The van der Waals surface area contributed by atoms with Gasteiger partial charge in [-0.2, -0.15) is 0 Å². The highest BCUT2D eigenvalue weighted by Crippen LogP contribution is 2.38. The van der Waals surface area contributed by atoms with E-state index in [0.29, 0.717) is 17.2 Å². The first-order chi connectivity index (χ1) is 16.7. The van der Waals surface area contributed by atoms with Gasteiger partial charge in [-0.15, -0.1) is 0 Å². The van der Waals surface area contributed by atoms with Crippen molar-refractivity contribution in [3.63, 3.8) is 0 Å². The number of hydrogen-bond donors (Lipinski definition) is 2. The fraction of sp³-hybridized carbons (Fsp3) is 0.417. The van der Waals surface area contributed by atoms with Crippen LogP contribution in [0.4, 0.5) is 0 Å². The summed E-state index contributed by atoms with van der Waals surface area (Å²) in [6.45, 7) is 5.92. The summed E-state index contributed by atoms with van der Waals surface area (Å²) in [4.78, 5) is 23.1. The van der Waals surface area contributed by atoms with Gasteiger partial charge >= 0.3 is 11.9 Å². The van der Waals surface area contributed by atoms with E-state index in [1.807, 2.05) is 18.2 Å². The lowest BCUT2D eigenvalue weighted by atomic mass is 10.1. The summed E-state index contributed by atoms with van der Waals surface area (Å²) in [6.07, 6.45) is 0. The average molecular weight is 555 g/mol. The summed E-state index contributed by atoms with van der Waals surface area (Å²) in [5, 5.41) is 14.8. The Bertz CT molecular complexity index is 972. The topological polar surface area (TPSA) is 118 Å². The SMILES string of the molecule is COc1ccc(CN2CCN(Cc3cc(OC)c(OC)c(OC)c3)CC2)cc1Br.O=C(O)C(=O)O. The highest BCUT2D eigenvalue weighted by Gasteiger charge is 2.19. The number of rotatable bonds is 8. The van der Waals surface area contributed by atoms with Crippen LogP contribution < -0.4 is 18.9 Å². The highest BCUT2D eigenvalue weighted by atomic mass is 79.9. The van der Waals surface area contributed by atoms with Crippen molar-refractivity contribution in [3.8, 4) is 23.0 Å². The van der Waals surface area contributed by atoms with E-state index < -0.39 is 11.9 Å². The maximum absolute atomic E-state index is 9.10. The first-order valence-corrected chi connectivity index (χ1v) is 11.5. The molecule has 0 aliphatic carbocycles. The molecule has 0 bridgehead atoms. The van der Waals surface area contributed by atoms with Crippen molar-refractivity contribution >= 4 is 27.9 Å². The molecule has 1 heterocycles. The van der Waals surface area contributed by atoms with Crippen LogP contribution in [0.3, 0.4) is 0 Å². The van der Waals surface area contributed by atoms with Gasteiger partial charge in [-0.05, 0) is 51.3 Å². The number of carbonyl (C=O) groups is 2. The van der Waals surface area contributed by atoms with Crippen molar-refractivity contribution in [2.75, 3.05) is 54.6 Å². The lowest BCUT2D eigenvalue weighted by Crippen LogP contribution is -2.45. The molecule has 1 fully saturated rings. The molecule has 1 aliphatic heterocycles. The second kappa shape index (κ2) is 13.8. The van der Waals surface area contributed by atoms with Crippen molar-refractivity contribution in [2.24, 2.45) is 0 Å². The molecule has 0 radical (unpaired) electrons. The summed E-state index contributed by atoms with van der Waals surface area (Å²) in [7, 11) is 6.61. The zero-order valence-corrected chi connectivity index (χ0v) is 21.8. The summed E-state index contributed by atoms with van der Waals surface area (Å²) in [5.74, 6) is -0.751. The van der Waals surface area contributed by atoms with Gasteiger partial charge in [0.25, 0.3) is 0 Å². The molecule has 2 N–H and O–H groups in total. The number of carboxylic acid groups (broad SMARTS) is 2. The first-order valence-electron chi connectivity index (χ1n) is 10.7. The predicted octanol–water partition coefficient (Wildman–Crippen LogP) is 2.96. The van der Waals surface area contributed by atoms with Crippen molar-refractivity contribution in [1.82, 2.24) is 9.80 Å². The fourth-order valence-electron chi connectivity index (χ4n) is 3.66. The largest absolute Gasteiger partial charge is 0.496 e. The van der Waals surface area contributed by atoms with E-state index in [-0.39, 0.29) is 0 Å². The zero-order valence-electron chi connectivity index (χ0n) is 20.2. The Morgan fingerprint density at radius 2 is 1.20 bits per heavy atom. The molecule has 0 aromatic heterocycles. The average Bonchev–Trinajstić information content (AvgIpc) is 2.85. The molecule has 3 rings (SSSR count). The highest BCUT2D eigenvalue weighted by molar-refractivity contribution is 9.10. The van der Waals surface area contributed by atoms with Gasteiger partial charge in [0.15, 0.2) is 11.5 Å². The molecule has 10 nitrogen and oxygen atoms in total. The van der Waals surface area contributed by atoms with E-state index in [1.54, 1.807) is 28.4 Å². The van der Waals surface area contributed by atoms with Crippen LogP contribution in [0, 0.1) is 0 Å². The minimum atomic E-state index is -1.82. The normalized spacial score (nSPS) is 13.9. The van der Waals surface area contributed by atoms with Crippen LogP contribution in [0.1, 0.15) is 11.1 Å². The van der Waals surface area contributed by atoms with E-state index in [2.05, 4.69) is 37.9 Å². The minimum absolute atomic E-state index is 0.634. The molecular weight excluding hydrogens is 524 g/mol. The van der Waals surface area contributed by atoms with Crippen molar-refractivity contribution in [2.45, 2.75) is 13.1 Å². The lowest BCUT2D eigenvalue weighted by Gasteiger charge is -2.35. The monoisotopic (exact) mass is 554 g/mol. The minimum Gasteiger partial charge on any atom is -0.496 e. The Hall–Kier alpha value is -3.02. The molecule has 35 heavy (non-hydrogen) atoms. The molecule has 0 spiro atoms. The zero-order chi connectivity index (χ0) is 26.0. The molecule has 0 unspecified atom stereocenters. The number of hydrogen-bond acceptors (Lipinski definition) is 8. The number of ether oxygens (including phenoxy) is 4. The maximum Gasteiger partial charge on any atom is 0.414 e. The van der Waals surface area contributed by atoms with Crippen LogP contribution in [-0.4, -0.2) is 86.6 Å². The third-order valence-electron chi connectivity index (χ3n) is 5.40. The molecular formula is C24H31BrN2O8. The summed E-state index contributed by atoms with van der Waals surface area (Å²) in [6, 6.07) is 10.3. The first kappa shape index (κ1) is 28.2. The van der Waals surface area contributed by atoms with Gasteiger partial charge in [-0.3, -0.25) is 9.80 Å². The van der Waals surface area contributed by atoms with E-state index in [9.17, 15) is 0 Å². The predicted molar refractivity (Wildman–Crippen MR) is 133 cm³/mol. The van der Waals surface area contributed by atoms with Gasteiger partial charge in [0.05, 0.1) is 32.9 Å². The molecule has 11 heteroatoms. The third kappa shape index (κ3) is 8.30. The number of piperazine rings is 1. The van der Waals surface area contributed by atoms with Crippen molar-refractivity contribution in [3.05, 3.63) is 45.9 Å². The van der Waals surface area contributed by atoms with E-state index >= 15 is 0 Å². The summed E-state index contributed by atoms with van der Waals surface area (Å²) >= 11 is 3.57. The second-order valence-electron chi connectivity index (χ2n) is 7.67. The van der Waals surface area contributed by atoms with Gasteiger partial charge in [0.1, 0.15) is 5.75 Å². The maximum atomic E-state index is 9.10. The number of nitrogens with zero attached hydrogens (tertiary/aromatic N) is 2. The van der Waals surface area contributed by atoms with E-state index in [4.69, 9.17) is 38.7 Å². The molecule has 0 amide bonds. The van der Waals surface area contributed by atoms with Gasteiger partial charge < -0.3 is 29.2 Å². The van der Waals surface area contributed by atoms with Crippen LogP contribution in [-0.2, 0) is 22.7 Å². The van der Waals surface area contributed by atoms with E-state index in [1.165, 1.54) is 5.56 Å². The van der Waals surface area contributed by atoms with Crippen LogP contribution >= 0.6 is 15.9 Å². The number of halogens is 1. The quantitative estimate of drug-likeness (QED) is 0.471. The molecule has 2 aromatic rings. The Kier molecular flexibility index (Phi) is 11.1. The van der Waals surface area contributed by atoms with Gasteiger partial charge in [-0.25, -0.2) is 9.59 Å². The summed E-state index contributed by atoms with van der Waals surface area (Å²) < 4.78 is 22.7. The summed E-state index contributed by atoms with van der Waals surface area (Å²) in [5.41, 5.74) is 2.45. The molecule has 1 saturated heterocycles. The lowest BCUT2D eigenvalue weighted by molar-refractivity contribution is -0.159. The van der Waals surface area contributed by atoms with Gasteiger partial charge in [0.2, 0.25) is 5.75 Å². The fourth-order valence-corrected chi connectivity index (χ4v) is 4.24. The van der Waals surface area contributed by atoms with Crippen LogP contribution in [0.5, 0.6) is 23.0 Å². The molecule has 192 valence electrons. The van der Waals surface area contributed by atoms with Gasteiger partial charge in [0, 0.05) is 39.3 Å². The Balaban J connectivity index is 0.000000641. The van der Waals surface area contributed by atoms with Crippen LogP contribution in [0.15, 0.2) is 34.8 Å². The standard InChI is InChI=1S/C22H29BrN2O4.C2H2O4/c1-26-19-6-5-16(11-18(19)23)14-24-7-9-25(10-8-24)15-17-12-20(27-2)22(29-4)21(13-17)28-3;3-1(4)2(5)6/h5-6,11-13H,7-10,14-15H2,1-4H3;(H,3,4)(H,5,6). The molecule has 1 aliphatic rings. The number of methoxy groups -OCH3 is 4. The van der Waals surface area contributed by atoms with Gasteiger partial charge in [-0.1, -0.05) is 6.07 Å². The smallest absolute Gasteiger partial charge is 0.414 e. The van der Waals surface area contributed by atoms with Crippen molar-refractivity contribution in [1.29, 1.82) is 0 Å². The second-order valence-corrected chi connectivity index (χ2v) is 8.52. The Morgan fingerprint density at radius 3 is 1.57 bits per heavy atom.